The van der Waals surface area contributed by atoms with Crippen LogP contribution in [0.1, 0.15) is 33.1 Å². The average molecular weight is 480 g/mol. The third kappa shape index (κ3) is 5.08. The normalized spacial score (nSPS) is 12.3. The number of aliphatic carboxylic acids is 1. The summed E-state index contributed by atoms with van der Waals surface area (Å²) in [6.45, 7) is 0.0289. The number of ketones is 1. The molecule has 1 amide bonds. The number of para-hydroxylation sites is 1. The molecule has 0 saturated carbocycles. The van der Waals surface area contributed by atoms with Gasteiger partial charge in [0.25, 0.3) is 11.7 Å². The van der Waals surface area contributed by atoms with Crippen molar-refractivity contribution in [3.8, 4) is 0 Å². The molecule has 2 N–H and O–H groups in total. The smallest absolute Gasteiger partial charge is 0.416 e. The molecule has 0 unspecified atom stereocenters. The van der Waals surface area contributed by atoms with E-state index in [1.807, 2.05) is 0 Å². The molecule has 0 spiro atoms. The van der Waals surface area contributed by atoms with Gasteiger partial charge in [-0.15, -0.1) is 0 Å². The molecule has 4 aromatic rings. The zero-order valence-corrected chi connectivity index (χ0v) is 18.1. The number of alkyl halides is 3. The summed E-state index contributed by atoms with van der Waals surface area (Å²) in [5.41, 5.74) is 0.427. The van der Waals surface area contributed by atoms with Crippen LogP contribution in [0.2, 0.25) is 0 Å². The first-order valence-electron chi connectivity index (χ1n) is 10.5. The predicted octanol–water partition coefficient (Wildman–Crippen LogP) is 4.83. The second kappa shape index (κ2) is 9.46. The average Bonchev–Trinajstić information content (AvgIpc) is 3.20. The number of aromatic nitrogens is 1. The first-order valence-corrected chi connectivity index (χ1v) is 10.5. The Labute approximate surface area is 197 Å². The van der Waals surface area contributed by atoms with E-state index >= 15 is 0 Å². The Hall–Kier alpha value is -4.40. The number of carboxylic acid groups (broad SMARTS) is 1. The van der Waals surface area contributed by atoms with Crippen molar-refractivity contribution in [1.82, 2.24) is 9.88 Å². The predicted molar refractivity (Wildman–Crippen MR) is 122 cm³/mol. The van der Waals surface area contributed by atoms with E-state index in [-0.39, 0.29) is 12.1 Å². The van der Waals surface area contributed by atoms with Gasteiger partial charge in [-0.3, -0.25) is 9.59 Å². The number of carbonyl (C=O) groups excluding carboxylic acids is 2. The lowest BCUT2D eigenvalue weighted by atomic mass is 10.1. The Morgan fingerprint density at radius 1 is 0.914 bits per heavy atom. The van der Waals surface area contributed by atoms with Crippen LogP contribution in [0.5, 0.6) is 0 Å². The lowest BCUT2D eigenvalue weighted by Crippen LogP contribution is -2.38. The molecule has 0 bridgehead atoms. The molecule has 0 saturated heterocycles. The van der Waals surface area contributed by atoms with Gasteiger partial charge in [0.1, 0.15) is 0 Å². The molecule has 0 aliphatic rings. The van der Waals surface area contributed by atoms with Crippen LogP contribution in [0.25, 0.3) is 10.9 Å². The Morgan fingerprint density at radius 3 is 2.29 bits per heavy atom. The van der Waals surface area contributed by atoms with Crippen LogP contribution in [0.3, 0.4) is 0 Å². The lowest BCUT2D eigenvalue weighted by molar-refractivity contribution is -0.141. The van der Waals surface area contributed by atoms with E-state index in [0.717, 1.165) is 12.1 Å². The van der Waals surface area contributed by atoms with E-state index in [1.54, 1.807) is 47.0 Å². The number of nitrogens with one attached hydrogen (secondary N) is 1. The Morgan fingerprint density at radius 2 is 1.60 bits per heavy atom. The minimum absolute atomic E-state index is 0.0160. The van der Waals surface area contributed by atoms with Crippen molar-refractivity contribution in [2.75, 3.05) is 0 Å². The van der Waals surface area contributed by atoms with Gasteiger partial charge < -0.3 is 15.0 Å². The number of carboxylic acids is 1. The molecule has 35 heavy (non-hydrogen) atoms. The van der Waals surface area contributed by atoms with Gasteiger partial charge >= 0.3 is 12.1 Å². The highest BCUT2D eigenvalue weighted by Gasteiger charge is 2.31. The third-order valence-corrected chi connectivity index (χ3v) is 5.50. The van der Waals surface area contributed by atoms with Crippen molar-refractivity contribution in [2.45, 2.75) is 18.8 Å². The Balaban J connectivity index is 1.65. The summed E-state index contributed by atoms with van der Waals surface area (Å²) in [7, 11) is 0. The van der Waals surface area contributed by atoms with Crippen molar-refractivity contribution in [3.63, 3.8) is 0 Å². The van der Waals surface area contributed by atoms with Crippen molar-refractivity contribution in [1.29, 1.82) is 0 Å². The standard InChI is InChI=1S/C26H19F3N2O4/c27-26(28,29)18-10-6-7-16(13-18)14-31-15-20(19-11-4-5-12-21(19)31)23(32)24(33)30-22(25(34)35)17-8-2-1-3-9-17/h1-13,15,22H,14H2,(H,30,33)(H,34,35)/t22-/m1/s1. The molecule has 178 valence electrons. The van der Waals surface area contributed by atoms with Crippen LogP contribution in [0.4, 0.5) is 13.2 Å². The maximum Gasteiger partial charge on any atom is 0.416 e. The first-order chi connectivity index (χ1) is 16.6. The zero-order chi connectivity index (χ0) is 25.2. The van der Waals surface area contributed by atoms with Crippen LogP contribution >= 0.6 is 0 Å². The van der Waals surface area contributed by atoms with Gasteiger partial charge in [0.2, 0.25) is 0 Å². The second-order valence-corrected chi connectivity index (χ2v) is 7.87. The summed E-state index contributed by atoms with van der Waals surface area (Å²) in [6, 6.07) is 18.0. The summed E-state index contributed by atoms with van der Waals surface area (Å²) in [6.07, 6.45) is -3.10. The molecule has 6 nitrogen and oxygen atoms in total. The minimum atomic E-state index is -4.49. The SMILES string of the molecule is O=C(N[C@@H](C(=O)O)c1ccccc1)C(=O)c1cn(Cc2cccc(C(F)(F)F)c2)c2ccccc12. The van der Waals surface area contributed by atoms with Gasteiger partial charge in [-0.2, -0.15) is 13.2 Å². The van der Waals surface area contributed by atoms with Gasteiger partial charge in [0.05, 0.1) is 11.1 Å². The summed E-state index contributed by atoms with van der Waals surface area (Å²) in [4.78, 5) is 37.5. The molecule has 1 heterocycles. The molecule has 0 aliphatic carbocycles. The quantitative estimate of drug-likeness (QED) is 0.293. The van der Waals surface area contributed by atoms with Crippen LogP contribution in [0.15, 0.2) is 85.1 Å². The number of halogens is 3. The molecule has 0 fully saturated rings. The number of carbonyl (C=O) groups is 3. The summed E-state index contributed by atoms with van der Waals surface area (Å²) in [5.74, 6) is -3.39. The number of Topliss-reactive ketones (excluding diaryl/α,β-unsaturated/α-hetero) is 1. The number of nitrogens with zero attached hydrogens (tertiary/aromatic N) is 1. The van der Waals surface area contributed by atoms with Gasteiger partial charge in [-0.1, -0.05) is 60.7 Å². The van der Waals surface area contributed by atoms with Crippen LogP contribution in [-0.4, -0.2) is 27.3 Å². The Kier molecular flexibility index (Phi) is 6.42. The monoisotopic (exact) mass is 480 g/mol. The van der Waals surface area contributed by atoms with Crippen molar-refractivity contribution < 1.29 is 32.7 Å². The fourth-order valence-electron chi connectivity index (χ4n) is 3.85. The number of rotatable bonds is 7. The molecule has 1 aromatic heterocycles. The highest BCUT2D eigenvalue weighted by Crippen LogP contribution is 2.30. The minimum Gasteiger partial charge on any atom is -0.479 e. The van der Waals surface area contributed by atoms with E-state index in [2.05, 4.69) is 5.32 Å². The highest BCUT2D eigenvalue weighted by molar-refractivity contribution is 6.45. The molecule has 3 aromatic carbocycles. The van der Waals surface area contributed by atoms with Gasteiger partial charge in [-0.05, 0) is 29.3 Å². The molecule has 4 rings (SSSR count). The van der Waals surface area contributed by atoms with E-state index in [0.29, 0.717) is 22.0 Å². The maximum absolute atomic E-state index is 13.1. The second-order valence-electron chi connectivity index (χ2n) is 7.87. The van der Waals surface area contributed by atoms with Crippen LogP contribution in [0, 0.1) is 0 Å². The number of hydrogen-bond acceptors (Lipinski definition) is 3. The van der Waals surface area contributed by atoms with Crippen LogP contribution < -0.4 is 5.32 Å². The largest absolute Gasteiger partial charge is 0.479 e. The molecule has 1 atom stereocenters. The van der Waals surface area contributed by atoms with E-state index in [9.17, 15) is 32.7 Å². The topological polar surface area (TPSA) is 88.4 Å². The fraction of sp³-hybridized carbons (Fsp3) is 0.115. The van der Waals surface area contributed by atoms with Gasteiger partial charge in [0, 0.05) is 23.6 Å². The summed E-state index contributed by atoms with van der Waals surface area (Å²) in [5, 5.41) is 12.2. The van der Waals surface area contributed by atoms with Crippen molar-refractivity contribution >= 4 is 28.6 Å². The summed E-state index contributed by atoms with van der Waals surface area (Å²) < 4.78 is 40.9. The summed E-state index contributed by atoms with van der Waals surface area (Å²) >= 11 is 0. The third-order valence-electron chi connectivity index (χ3n) is 5.50. The van der Waals surface area contributed by atoms with E-state index in [4.69, 9.17) is 0 Å². The van der Waals surface area contributed by atoms with E-state index < -0.39 is 35.4 Å². The van der Waals surface area contributed by atoms with Gasteiger partial charge in [0.15, 0.2) is 6.04 Å². The number of amides is 1. The molecule has 0 radical (unpaired) electrons. The molecule has 9 heteroatoms. The number of fused-ring (bicyclic) bond motifs is 1. The van der Waals surface area contributed by atoms with Crippen LogP contribution in [-0.2, 0) is 22.3 Å². The van der Waals surface area contributed by atoms with Crippen molar-refractivity contribution in [2.24, 2.45) is 0 Å². The Bertz CT molecular complexity index is 1410. The fourth-order valence-corrected chi connectivity index (χ4v) is 3.85. The molecular formula is C26H19F3N2O4. The van der Waals surface area contributed by atoms with E-state index in [1.165, 1.54) is 30.5 Å². The van der Waals surface area contributed by atoms with Crippen molar-refractivity contribution in [3.05, 3.63) is 107 Å². The number of benzene rings is 3. The first kappa shape index (κ1) is 23.7. The zero-order valence-electron chi connectivity index (χ0n) is 18.1. The lowest BCUT2D eigenvalue weighted by Gasteiger charge is -2.14. The van der Waals surface area contributed by atoms with Gasteiger partial charge in [-0.25, -0.2) is 4.79 Å². The molecule has 0 aliphatic heterocycles. The molecular weight excluding hydrogens is 461 g/mol. The highest BCUT2D eigenvalue weighted by atomic mass is 19.4. The number of hydrogen-bond donors (Lipinski definition) is 2. The maximum atomic E-state index is 13.1.